The van der Waals surface area contributed by atoms with E-state index in [0.29, 0.717) is 12.3 Å². The largest absolute Gasteiger partial charge is 0.497 e. The van der Waals surface area contributed by atoms with E-state index in [2.05, 4.69) is 10.6 Å². The normalized spacial score (nSPS) is 21.5. The summed E-state index contributed by atoms with van der Waals surface area (Å²) >= 11 is 0. The molecule has 6 heteroatoms. The number of carboxylic acid groups (broad SMARTS) is 1. The molecule has 1 atom stereocenters. The van der Waals surface area contributed by atoms with Gasteiger partial charge >= 0.3 is 5.97 Å². The third-order valence-corrected chi connectivity index (χ3v) is 3.62. The molecule has 1 aromatic carbocycles. The lowest BCUT2D eigenvalue weighted by molar-refractivity contribution is -0.123. The van der Waals surface area contributed by atoms with Crippen LogP contribution in [0.4, 0.5) is 5.69 Å². The lowest BCUT2D eigenvalue weighted by Crippen LogP contribution is -2.35. The number of methoxy groups -OCH3 is 1. The fourth-order valence-corrected chi connectivity index (χ4v) is 2.22. The van der Waals surface area contributed by atoms with Gasteiger partial charge in [-0.25, -0.2) is 4.79 Å². The van der Waals surface area contributed by atoms with Gasteiger partial charge in [-0.2, -0.15) is 0 Å². The highest BCUT2D eigenvalue weighted by molar-refractivity contribution is 6.02. The maximum Gasteiger partial charge on any atom is 0.337 e. The van der Waals surface area contributed by atoms with E-state index in [-0.39, 0.29) is 17.2 Å². The first-order chi connectivity index (χ1) is 9.46. The highest BCUT2D eigenvalue weighted by Crippen LogP contribution is 2.28. The minimum atomic E-state index is -1.10. The molecule has 0 saturated carbocycles. The molecule has 3 N–H and O–H groups in total. The van der Waals surface area contributed by atoms with Crippen LogP contribution < -0.4 is 15.4 Å². The predicted molar refractivity (Wildman–Crippen MR) is 74.2 cm³/mol. The number of anilines is 1. The molecular formula is C14H18N2O4. The Bertz CT molecular complexity index is 536. The second-order valence-corrected chi connectivity index (χ2v) is 5.16. The topological polar surface area (TPSA) is 87.7 Å². The molecule has 0 spiro atoms. The van der Waals surface area contributed by atoms with Gasteiger partial charge in [0, 0.05) is 6.54 Å². The molecule has 1 aliphatic heterocycles. The van der Waals surface area contributed by atoms with Crippen LogP contribution in [0.1, 0.15) is 23.7 Å². The molecule has 1 saturated heterocycles. The van der Waals surface area contributed by atoms with E-state index in [9.17, 15) is 14.7 Å². The van der Waals surface area contributed by atoms with Crippen molar-refractivity contribution >= 4 is 17.6 Å². The first kappa shape index (κ1) is 14.3. The predicted octanol–water partition coefficient (Wildman–Crippen LogP) is 1.33. The van der Waals surface area contributed by atoms with Crippen molar-refractivity contribution in [3.8, 4) is 5.75 Å². The standard InChI is InChI=1S/C14H18N2O4/c1-14(5-6-15-8-14)13(19)16-11-4-3-9(20-2)7-10(11)12(17)18/h3-4,7,15H,5-6,8H2,1-2H3,(H,16,19)(H,17,18). The third-order valence-electron chi connectivity index (χ3n) is 3.62. The fourth-order valence-electron chi connectivity index (χ4n) is 2.22. The van der Waals surface area contributed by atoms with E-state index in [1.54, 1.807) is 12.1 Å². The number of ether oxygens (including phenoxy) is 1. The molecule has 0 aromatic heterocycles. The Morgan fingerprint density at radius 3 is 2.75 bits per heavy atom. The van der Waals surface area contributed by atoms with Crippen LogP contribution in [-0.4, -0.2) is 37.2 Å². The summed E-state index contributed by atoms with van der Waals surface area (Å²) in [7, 11) is 1.46. The highest BCUT2D eigenvalue weighted by Gasteiger charge is 2.36. The van der Waals surface area contributed by atoms with Crippen LogP contribution in [0.15, 0.2) is 18.2 Å². The molecule has 1 aromatic rings. The average Bonchev–Trinajstić information content (AvgIpc) is 2.87. The van der Waals surface area contributed by atoms with Crippen LogP contribution in [0.3, 0.4) is 0 Å². The van der Waals surface area contributed by atoms with Gasteiger partial charge in [-0.05, 0) is 38.1 Å². The van der Waals surface area contributed by atoms with Crippen molar-refractivity contribution in [2.24, 2.45) is 5.41 Å². The molecule has 1 amide bonds. The van der Waals surface area contributed by atoms with Crippen LogP contribution in [-0.2, 0) is 4.79 Å². The monoisotopic (exact) mass is 278 g/mol. The van der Waals surface area contributed by atoms with E-state index >= 15 is 0 Å². The second kappa shape index (κ2) is 5.50. The SMILES string of the molecule is COc1ccc(NC(=O)C2(C)CCNC2)c(C(=O)O)c1. The summed E-state index contributed by atoms with van der Waals surface area (Å²) in [6.07, 6.45) is 0.734. The summed E-state index contributed by atoms with van der Waals surface area (Å²) in [5.41, 5.74) is -0.195. The molecule has 1 fully saturated rings. The summed E-state index contributed by atoms with van der Waals surface area (Å²) in [4.78, 5) is 23.5. The molecule has 1 unspecified atom stereocenters. The van der Waals surface area contributed by atoms with Crippen LogP contribution in [0.2, 0.25) is 0 Å². The molecule has 0 radical (unpaired) electrons. The Morgan fingerprint density at radius 1 is 1.45 bits per heavy atom. The maximum atomic E-state index is 12.3. The second-order valence-electron chi connectivity index (χ2n) is 5.16. The molecule has 20 heavy (non-hydrogen) atoms. The number of amides is 1. The van der Waals surface area contributed by atoms with Crippen molar-refractivity contribution in [1.82, 2.24) is 5.32 Å². The minimum absolute atomic E-state index is 0.0206. The lowest BCUT2D eigenvalue weighted by Gasteiger charge is -2.22. The van der Waals surface area contributed by atoms with Crippen molar-refractivity contribution in [2.45, 2.75) is 13.3 Å². The summed E-state index contributed by atoms with van der Waals surface area (Å²) in [5.74, 6) is -0.835. The highest BCUT2D eigenvalue weighted by atomic mass is 16.5. The summed E-state index contributed by atoms with van der Waals surface area (Å²) < 4.78 is 5.00. The third kappa shape index (κ3) is 2.75. The van der Waals surface area contributed by atoms with Crippen molar-refractivity contribution < 1.29 is 19.4 Å². The quantitative estimate of drug-likeness (QED) is 0.773. The number of hydrogen-bond donors (Lipinski definition) is 3. The molecule has 108 valence electrons. The summed E-state index contributed by atoms with van der Waals surface area (Å²) in [6.45, 7) is 3.25. The smallest absolute Gasteiger partial charge is 0.337 e. The van der Waals surface area contributed by atoms with Crippen molar-refractivity contribution in [3.63, 3.8) is 0 Å². The van der Waals surface area contributed by atoms with Gasteiger partial charge in [-0.3, -0.25) is 4.79 Å². The number of rotatable bonds is 4. The molecule has 6 nitrogen and oxygen atoms in total. The molecule has 2 rings (SSSR count). The van der Waals surface area contributed by atoms with Crippen molar-refractivity contribution in [1.29, 1.82) is 0 Å². The average molecular weight is 278 g/mol. The number of aromatic carboxylic acids is 1. The van der Waals surface area contributed by atoms with E-state index in [0.717, 1.165) is 13.0 Å². The van der Waals surface area contributed by atoms with Gasteiger partial charge in [0.25, 0.3) is 0 Å². The van der Waals surface area contributed by atoms with E-state index in [1.165, 1.54) is 13.2 Å². The van der Waals surface area contributed by atoms with Gasteiger partial charge < -0.3 is 20.5 Å². The number of benzene rings is 1. The fraction of sp³-hybridized carbons (Fsp3) is 0.429. The molecular weight excluding hydrogens is 260 g/mol. The molecule has 1 heterocycles. The minimum Gasteiger partial charge on any atom is -0.497 e. The van der Waals surface area contributed by atoms with Gasteiger partial charge in [0.05, 0.1) is 23.8 Å². The van der Waals surface area contributed by atoms with Gasteiger partial charge in [-0.1, -0.05) is 0 Å². The summed E-state index contributed by atoms with van der Waals surface area (Å²) in [5, 5.41) is 15.1. The number of carbonyl (C=O) groups is 2. The van der Waals surface area contributed by atoms with E-state index < -0.39 is 11.4 Å². The number of hydrogen-bond acceptors (Lipinski definition) is 4. The van der Waals surface area contributed by atoms with Crippen molar-refractivity contribution in [2.75, 3.05) is 25.5 Å². The number of nitrogens with one attached hydrogen (secondary N) is 2. The van der Waals surface area contributed by atoms with Gasteiger partial charge in [0.15, 0.2) is 0 Å². The zero-order chi connectivity index (χ0) is 14.8. The van der Waals surface area contributed by atoms with Gasteiger partial charge in [-0.15, -0.1) is 0 Å². The Hall–Kier alpha value is -2.08. The van der Waals surface area contributed by atoms with Crippen LogP contribution in [0.25, 0.3) is 0 Å². The molecule has 0 bridgehead atoms. The Morgan fingerprint density at radius 2 is 2.20 bits per heavy atom. The zero-order valence-electron chi connectivity index (χ0n) is 11.5. The summed E-state index contributed by atoms with van der Waals surface area (Å²) in [6, 6.07) is 4.57. The van der Waals surface area contributed by atoms with E-state index in [4.69, 9.17) is 4.74 Å². The van der Waals surface area contributed by atoms with Gasteiger partial charge in [0.1, 0.15) is 5.75 Å². The van der Waals surface area contributed by atoms with Crippen molar-refractivity contribution in [3.05, 3.63) is 23.8 Å². The number of carboxylic acids is 1. The molecule has 0 aliphatic carbocycles. The van der Waals surface area contributed by atoms with E-state index in [1.807, 2.05) is 6.92 Å². The Kier molecular flexibility index (Phi) is 3.94. The van der Waals surface area contributed by atoms with Crippen LogP contribution in [0.5, 0.6) is 5.75 Å². The van der Waals surface area contributed by atoms with Gasteiger partial charge in [0.2, 0.25) is 5.91 Å². The maximum absolute atomic E-state index is 12.3. The lowest BCUT2D eigenvalue weighted by atomic mass is 9.88. The van der Waals surface area contributed by atoms with Crippen LogP contribution >= 0.6 is 0 Å². The first-order valence-corrected chi connectivity index (χ1v) is 6.40. The Balaban J connectivity index is 2.24. The van der Waals surface area contributed by atoms with Crippen LogP contribution in [0, 0.1) is 5.41 Å². The molecule has 1 aliphatic rings. The Labute approximate surface area is 117 Å². The first-order valence-electron chi connectivity index (χ1n) is 6.40. The zero-order valence-corrected chi connectivity index (χ0v) is 11.5. The number of carbonyl (C=O) groups excluding carboxylic acids is 1.